The number of fused-ring (bicyclic) bond motifs is 1. The van der Waals surface area contributed by atoms with E-state index in [2.05, 4.69) is 40.9 Å². The van der Waals surface area contributed by atoms with E-state index in [0.717, 1.165) is 31.3 Å². The minimum absolute atomic E-state index is 0.467. The minimum Gasteiger partial charge on any atom is -0.432 e. The SMILES string of the molecule is CC(C)NCc1coc(N2CC3CCCCN3CC2C)n1. The maximum Gasteiger partial charge on any atom is 0.297 e. The zero-order valence-electron chi connectivity index (χ0n) is 13.5. The lowest BCUT2D eigenvalue weighted by Gasteiger charge is -2.46. The van der Waals surface area contributed by atoms with E-state index in [9.17, 15) is 0 Å². The molecule has 3 heterocycles. The lowest BCUT2D eigenvalue weighted by molar-refractivity contribution is 0.113. The maximum atomic E-state index is 5.74. The fourth-order valence-corrected chi connectivity index (χ4v) is 3.44. The molecule has 2 fully saturated rings. The van der Waals surface area contributed by atoms with Crippen LogP contribution in [-0.4, -0.2) is 47.6 Å². The molecule has 2 saturated heterocycles. The Kier molecular flexibility index (Phi) is 4.50. The number of hydrogen-bond donors (Lipinski definition) is 1. The van der Waals surface area contributed by atoms with Crippen LogP contribution in [0, 0.1) is 0 Å². The normalized spacial score (nSPS) is 27.1. The standard InChI is InChI=1S/C16H28N4O/c1-12(2)17-8-14-11-21-16(18-14)20-10-15-6-4-5-7-19(15)9-13(20)3/h11-13,15,17H,4-10H2,1-3H3. The lowest BCUT2D eigenvalue weighted by Crippen LogP contribution is -2.59. The highest BCUT2D eigenvalue weighted by atomic mass is 16.4. The fraction of sp³-hybridized carbons (Fsp3) is 0.812. The highest BCUT2D eigenvalue weighted by Crippen LogP contribution is 2.27. The van der Waals surface area contributed by atoms with E-state index in [0.29, 0.717) is 18.1 Å². The van der Waals surface area contributed by atoms with Gasteiger partial charge in [-0.25, -0.2) is 0 Å². The Morgan fingerprint density at radius 2 is 2.24 bits per heavy atom. The second-order valence-corrected chi connectivity index (χ2v) is 6.80. The average molecular weight is 292 g/mol. The number of aromatic nitrogens is 1. The Labute approximate surface area is 127 Å². The summed E-state index contributed by atoms with van der Waals surface area (Å²) < 4.78 is 5.74. The van der Waals surface area contributed by atoms with Crippen LogP contribution in [0.4, 0.5) is 6.01 Å². The molecule has 3 rings (SSSR count). The van der Waals surface area contributed by atoms with Crippen molar-refractivity contribution in [3.63, 3.8) is 0 Å². The van der Waals surface area contributed by atoms with E-state index in [1.807, 2.05) is 0 Å². The quantitative estimate of drug-likeness (QED) is 0.922. The van der Waals surface area contributed by atoms with Gasteiger partial charge in [0.05, 0.1) is 5.69 Å². The Morgan fingerprint density at radius 1 is 1.38 bits per heavy atom. The molecule has 5 heteroatoms. The van der Waals surface area contributed by atoms with Gasteiger partial charge < -0.3 is 14.6 Å². The van der Waals surface area contributed by atoms with Crippen molar-refractivity contribution in [3.8, 4) is 0 Å². The van der Waals surface area contributed by atoms with Crippen LogP contribution >= 0.6 is 0 Å². The zero-order valence-corrected chi connectivity index (χ0v) is 13.5. The number of hydrogen-bond acceptors (Lipinski definition) is 5. The van der Waals surface area contributed by atoms with Gasteiger partial charge in [0.2, 0.25) is 0 Å². The first-order valence-corrected chi connectivity index (χ1v) is 8.32. The number of rotatable bonds is 4. The van der Waals surface area contributed by atoms with Gasteiger partial charge in [-0.15, -0.1) is 0 Å². The predicted molar refractivity (Wildman–Crippen MR) is 84.5 cm³/mol. The molecule has 2 aliphatic rings. The van der Waals surface area contributed by atoms with Gasteiger partial charge in [-0.3, -0.25) is 4.90 Å². The molecule has 2 unspecified atom stereocenters. The van der Waals surface area contributed by atoms with Crippen molar-refractivity contribution in [3.05, 3.63) is 12.0 Å². The van der Waals surface area contributed by atoms with Crippen molar-refractivity contribution < 1.29 is 4.42 Å². The first-order valence-electron chi connectivity index (χ1n) is 8.32. The third-order valence-electron chi connectivity index (χ3n) is 4.66. The molecule has 0 aliphatic carbocycles. The third-order valence-corrected chi connectivity index (χ3v) is 4.66. The number of piperazine rings is 1. The molecule has 5 nitrogen and oxygen atoms in total. The smallest absolute Gasteiger partial charge is 0.297 e. The molecular weight excluding hydrogens is 264 g/mol. The van der Waals surface area contributed by atoms with Crippen molar-refractivity contribution in [1.82, 2.24) is 15.2 Å². The van der Waals surface area contributed by atoms with Gasteiger partial charge in [0.25, 0.3) is 6.01 Å². The molecule has 1 aromatic rings. The highest BCUT2D eigenvalue weighted by Gasteiger charge is 2.34. The summed E-state index contributed by atoms with van der Waals surface area (Å²) in [5, 5.41) is 3.39. The van der Waals surface area contributed by atoms with Crippen molar-refractivity contribution in [2.45, 2.75) is 64.7 Å². The minimum atomic E-state index is 0.467. The third kappa shape index (κ3) is 3.40. The van der Waals surface area contributed by atoms with Crippen LogP contribution in [0.1, 0.15) is 45.7 Å². The van der Waals surface area contributed by atoms with Crippen LogP contribution in [0.25, 0.3) is 0 Å². The average Bonchev–Trinajstić information content (AvgIpc) is 2.93. The Balaban J connectivity index is 1.65. The molecule has 118 valence electrons. The van der Waals surface area contributed by atoms with Crippen molar-refractivity contribution in [2.75, 3.05) is 24.5 Å². The van der Waals surface area contributed by atoms with E-state index < -0.39 is 0 Å². The van der Waals surface area contributed by atoms with Crippen molar-refractivity contribution in [2.24, 2.45) is 0 Å². The molecule has 0 radical (unpaired) electrons. The molecular formula is C16H28N4O. The van der Waals surface area contributed by atoms with Crippen LogP contribution in [0.15, 0.2) is 10.7 Å². The summed E-state index contributed by atoms with van der Waals surface area (Å²) in [6.45, 7) is 10.8. The van der Waals surface area contributed by atoms with Gasteiger partial charge in [0.15, 0.2) is 0 Å². The summed E-state index contributed by atoms with van der Waals surface area (Å²) in [7, 11) is 0. The number of nitrogens with zero attached hydrogens (tertiary/aromatic N) is 3. The van der Waals surface area contributed by atoms with Crippen LogP contribution in [0.5, 0.6) is 0 Å². The second kappa shape index (κ2) is 6.36. The number of piperidine rings is 1. The number of oxazole rings is 1. The molecule has 0 aromatic carbocycles. The van der Waals surface area contributed by atoms with Crippen molar-refractivity contribution >= 4 is 6.01 Å². The molecule has 0 amide bonds. The lowest BCUT2D eigenvalue weighted by atomic mass is 9.97. The summed E-state index contributed by atoms with van der Waals surface area (Å²) >= 11 is 0. The number of nitrogens with one attached hydrogen (secondary N) is 1. The summed E-state index contributed by atoms with van der Waals surface area (Å²) in [5.74, 6) is 0. The van der Waals surface area contributed by atoms with Gasteiger partial charge in [0, 0.05) is 37.8 Å². The van der Waals surface area contributed by atoms with Gasteiger partial charge >= 0.3 is 0 Å². The molecule has 0 bridgehead atoms. The molecule has 0 spiro atoms. The summed E-state index contributed by atoms with van der Waals surface area (Å²) in [5.41, 5.74) is 0.997. The molecule has 2 aliphatic heterocycles. The van der Waals surface area contributed by atoms with Crippen LogP contribution in [-0.2, 0) is 6.54 Å². The number of anilines is 1. The summed E-state index contributed by atoms with van der Waals surface area (Å²) in [6, 6.07) is 2.42. The first kappa shape index (κ1) is 14.9. The summed E-state index contributed by atoms with van der Waals surface area (Å²) in [4.78, 5) is 9.67. The van der Waals surface area contributed by atoms with Crippen LogP contribution in [0.2, 0.25) is 0 Å². The largest absolute Gasteiger partial charge is 0.432 e. The van der Waals surface area contributed by atoms with E-state index in [1.54, 1.807) is 6.26 Å². The Morgan fingerprint density at radius 3 is 3.05 bits per heavy atom. The topological polar surface area (TPSA) is 44.5 Å². The fourth-order valence-electron chi connectivity index (χ4n) is 3.44. The van der Waals surface area contributed by atoms with Crippen LogP contribution < -0.4 is 10.2 Å². The molecule has 1 N–H and O–H groups in total. The molecule has 1 aromatic heterocycles. The monoisotopic (exact) mass is 292 g/mol. The Hall–Kier alpha value is -1.07. The second-order valence-electron chi connectivity index (χ2n) is 6.80. The predicted octanol–water partition coefficient (Wildman–Crippen LogP) is 2.24. The maximum absolute atomic E-state index is 5.74. The molecule has 21 heavy (non-hydrogen) atoms. The van der Waals surface area contributed by atoms with Crippen LogP contribution in [0.3, 0.4) is 0 Å². The molecule has 0 saturated carbocycles. The first-order chi connectivity index (χ1) is 10.1. The Bertz CT molecular complexity index is 459. The van der Waals surface area contributed by atoms with E-state index >= 15 is 0 Å². The zero-order chi connectivity index (χ0) is 14.8. The van der Waals surface area contributed by atoms with Gasteiger partial charge in [-0.05, 0) is 26.3 Å². The molecule has 2 atom stereocenters. The van der Waals surface area contributed by atoms with Gasteiger partial charge in [-0.1, -0.05) is 20.3 Å². The van der Waals surface area contributed by atoms with Crippen molar-refractivity contribution in [1.29, 1.82) is 0 Å². The van der Waals surface area contributed by atoms with Gasteiger partial charge in [-0.2, -0.15) is 4.98 Å². The summed E-state index contributed by atoms with van der Waals surface area (Å²) in [6.07, 6.45) is 5.82. The van der Waals surface area contributed by atoms with E-state index in [-0.39, 0.29) is 0 Å². The van der Waals surface area contributed by atoms with Gasteiger partial charge in [0.1, 0.15) is 6.26 Å². The van der Waals surface area contributed by atoms with E-state index in [1.165, 1.54) is 25.8 Å². The van der Waals surface area contributed by atoms with E-state index in [4.69, 9.17) is 4.42 Å². The highest BCUT2D eigenvalue weighted by molar-refractivity contribution is 5.31.